The Hall–Kier alpha value is -9.06. The number of rotatable bonds is 5. The first-order chi connectivity index (χ1) is 33.2. The van der Waals surface area contributed by atoms with Gasteiger partial charge in [-0.15, -0.1) is 0 Å². The Kier molecular flexibility index (Phi) is 8.21. The number of fused-ring (bicyclic) bond motifs is 13. The number of para-hydroxylation sites is 2. The molecule has 11 aromatic carbocycles. The Balaban J connectivity index is 1.03. The van der Waals surface area contributed by atoms with Crippen molar-refractivity contribution in [3.05, 3.63) is 218 Å². The average Bonchev–Trinajstić information content (AvgIpc) is 3.78. The van der Waals surface area contributed by atoms with Crippen LogP contribution in [0.15, 0.2) is 223 Å². The zero-order valence-corrected chi connectivity index (χ0v) is 36.0. The molecule has 5 heteroatoms. The van der Waals surface area contributed by atoms with Gasteiger partial charge in [0.2, 0.25) is 0 Å². The van der Waals surface area contributed by atoms with Crippen LogP contribution in [0, 0.1) is 0 Å². The second-order valence-corrected chi connectivity index (χ2v) is 17.3. The smallest absolute Gasteiger partial charge is 0.164 e. The Labute approximate surface area is 384 Å². The van der Waals surface area contributed by atoms with Gasteiger partial charge in [-0.05, 0) is 85.1 Å². The van der Waals surface area contributed by atoms with Crippen LogP contribution in [0.1, 0.15) is 0 Å². The van der Waals surface area contributed by atoms with Crippen molar-refractivity contribution in [3.63, 3.8) is 0 Å². The lowest BCUT2D eigenvalue weighted by Crippen LogP contribution is -2.00. The van der Waals surface area contributed by atoms with Crippen molar-refractivity contribution in [1.29, 1.82) is 0 Å². The van der Waals surface area contributed by atoms with Crippen LogP contribution in [-0.2, 0) is 0 Å². The predicted molar refractivity (Wildman–Crippen MR) is 277 cm³/mol. The number of hydrogen-bond donors (Lipinski definition) is 0. The lowest BCUT2D eigenvalue weighted by molar-refractivity contribution is 0.669. The van der Waals surface area contributed by atoms with Gasteiger partial charge in [0.05, 0.1) is 11.2 Å². The summed E-state index contributed by atoms with van der Waals surface area (Å²) in [5.74, 6) is 1.81. The molecule has 0 aliphatic heterocycles. The molecule has 0 amide bonds. The van der Waals surface area contributed by atoms with Crippen LogP contribution >= 0.6 is 0 Å². The van der Waals surface area contributed by atoms with Crippen molar-refractivity contribution in [1.82, 2.24) is 19.9 Å². The number of aromatic nitrogens is 4. The first-order valence-corrected chi connectivity index (χ1v) is 22.6. The Bertz CT molecular complexity index is 4310. The minimum Gasteiger partial charge on any atom is -0.456 e. The summed E-state index contributed by atoms with van der Waals surface area (Å²) in [4.78, 5) is 20.9. The van der Waals surface area contributed by atoms with E-state index in [1.54, 1.807) is 0 Å². The van der Waals surface area contributed by atoms with Gasteiger partial charge in [0.15, 0.2) is 17.5 Å². The summed E-state index contributed by atoms with van der Waals surface area (Å²) in [5.41, 5.74) is 9.31. The third kappa shape index (κ3) is 5.95. The van der Waals surface area contributed by atoms with E-state index < -0.39 is 0 Å². The molecule has 0 atom stereocenters. The summed E-state index contributed by atoms with van der Waals surface area (Å²) in [6, 6.07) is 77.0. The monoisotopic (exact) mass is 852 g/mol. The maximum absolute atomic E-state index is 6.82. The van der Waals surface area contributed by atoms with Crippen molar-refractivity contribution < 1.29 is 4.42 Å². The van der Waals surface area contributed by atoms with Crippen LogP contribution in [0.3, 0.4) is 0 Å². The normalized spacial score (nSPS) is 11.9. The number of furan rings is 1. The average molecular weight is 853 g/mol. The lowest BCUT2D eigenvalue weighted by Gasteiger charge is -2.17. The molecule has 0 N–H and O–H groups in total. The van der Waals surface area contributed by atoms with Crippen molar-refractivity contribution in [2.75, 3.05) is 0 Å². The maximum atomic E-state index is 6.82. The van der Waals surface area contributed by atoms with Gasteiger partial charge in [0.1, 0.15) is 11.2 Å². The zero-order chi connectivity index (χ0) is 44.0. The van der Waals surface area contributed by atoms with Gasteiger partial charge >= 0.3 is 0 Å². The molecule has 0 bridgehead atoms. The molecule has 0 unspecified atom stereocenters. The number of nitrogens with zero attached hydrogens (tertiary/aromatic N) is 4. The van der Waals surface area contributed by atoms with Gasteiger partial charge in [0.25, 0.3) is 0 Å². The van der Waals surface area contributed by atoms with E-state index in [-0.39, 0.29) is 0 Å². The molecule has 0 aliphatic rings. The SMILES string of the molecule is c1ccc(-c2nc(-c3cccc(-c4nc5ccccc5c5c(-c6ccc7c8ccccc8c8ccccc8c7c6)c6c(cc45)oc4ccccc46)c3)nc(-c3ccc4ccccc4c3)n2)cc1. The molecule has 0 radical (unpaired) electrons. The third-order valence-corrected chi connectivity index (χ3v) is 13.4. The summed E-state index contributed by atoms with van der Waals surface area (Å²) < 4.78 is 6.82. The van der Waals surface area contributed by atoms with Crippen LogP contribution < -0.4 is 0 Å². The Morgan fingerprint density at radius 1 is 0.269 bits per heavy atom. The van der Waals surface area contributed by atoms with Gasteiger partial charge in [-0.25, -0.2) is 19.9 Å². The summed E-state index contributed by atoms with van der Waals surface area (Å²) in [7, 11) is 0. The number of hydrogen-bond acceptors (Lipinski definition) is 5. The van der Waals surface area contributed by atoms with E-state index in [1.807, 2.05) is 36.4 Å². The first-order valence-electron chi connectivity index (χ1n) is 22.6. The Morgan fingerprint density at radius 2 is 0.821 bits per heavy atom. The predicted octanol–water partition coefficient (Wildman–Crippen LogP) is 16.4. The van der Waals surface area contributed by atoms with Crippen molar-refractivity contribution in [2.45, 2.75) is 0 Å². The zero-order valence-electron chi connectivity index (χ0n) is 36.0. The van der Waals surface area contributed by atoms with E-state index in [0.29, 0.717) is 17.5 Å². The number of benzene rings is 11. The molecule has 3 aromatic heterocycles. The fourth-order valence-electron chi connectivity index (χ4n) is 10.4. The van der Waals surface area contributed by atoms with Crippen LogP contribution in [0.25, 0.3) is 143 Å². The molecule has 0 saturated heterocycles. The summed E-state index contributed by atoms with van der Waals surface area (Å²) >= 11 is 0. The third-order valence-electron chi connectivity index (χ3n) is 13.4. The first kappa shape index (κ1) is 37.3. The van der Waals surface area contributed by atoms with E-state index in [4.69, 9.17) is 24.4 Å². The maximum Gasteiger partial charge on any atom is 0.164 e. The lowest BCUT2D eigenvalue weighted by atomic mass is 9.87. The standard InChI is InChI=1S/C62H36N4O/c1-2-16-38(17-3-1)60-64-61(66-62(65-60)43-30-29-37-15-4-5-18-39(37)33-43)42-20-14-19-41(34-42)59-52-36-55-58(50-26-11-13-28-54(50)67-55)56(57(52)49-25-10-12-27-53(49)63-59)40-31-32-48-46-23-7-6-21-44(46)45-22-8-9-24-47(45)51(48)35-40/h1-36H. The van der Waals surface area contributed by atoms with E-state index in [9.17, 15) is 0 Å². The van der Waals surface area contributed by atoms with Gasteiger partial charge in [-0.2, -0.15) is 0 Å². The fourth-order valence-corrected chi connectivity index (χ4v) is 10.4. The highest BCUT2D eigenvalue weighted by Gasteiger charge is 2.23. The fraction of sp³-hybridized carbons (Fsp3) is 0. The molecule has 0 fully saturated rings. The van der Waals surface area contributed by atoms with Crippen molar-refractivity contribution in [3.8, 4) is 56.5 Å². The van der Waals surface area contributed by atoms with E-state index in [1.165, 1.54) is 32.3 Å². The van der Waals surface area contributed by atoms with Crippen LogP contribution in [0.2, 0.25) is 0 Å². The van der Waals surface area contributed by atoms with Gasteiger partial charge < -0.3 is 4.42 Å². The molecule has 310 valence electrons. The minimum atomic E-state index is 0.584. The summed E-state index contributed by atoms with van der Waals surface area (Å²) in [6.07, 6.45) is 0. The summed E-state index contributed by atoms with van der Waals surface area (Å²) in [5, 5.41) is 15.1. The highest BCUT2D eigenvalue weighted by atomic mass is 16.3. The summed E-state index contributed by atoms with van der Waals surface area (Å²) in [6.45, 7) is 0. The molecular weight excluding hydrogens is 817 g/mol. The molecular formula is C62H36N4O. The van der Waals surface area contributed by atoms with Crippen molar-refractivity contribution >= 4 is 86.7 Å². The largest absolute Gasteiger partial charge is 0.456 e. The molecule has 0 spiro atoms. The number of pyridine rings is 1. The van der Waals surface area contributed by atoms with E-state index in [2.05, 4.69) is 182 Å². The molecule has 14 rings (SSSR count). The van der Waals surface area contributed by atoms with E-state index in [0.717, 1.165) is 93.5 Å². The van der Waals surface area contributed by atoms with Crippen LogP contribution in [0.5, 0.6) is 0 Å². The van der Waals surface area contributed by atoms with Gasteiger partial charge in [-0.1, -0.05) is 182 Å². The topological polar surface area (TPSA) is 64.7 Å². The molecule has 5 nitrogen and oxygen atoms in total. The molecule has 14 aromatic rings. The van der Waals surface area contributed by atoms with Gasteiger partial charge in [0, 0.05) is 54.7 Å². The van der Waals surface area contributed by atoms with Crippen LogP contribution in [-0.4, -0.2) is 19.9 Å². The highest BCUT2D eigenvalue weighted by Crippen LogP contribution is 2.48. The minimum absolute atomic E-state index is 0.584. The Morgan fingerprint density at radius 3 is 1.58 bits per heavy atom. The van der Waals surface area contributed by atoms with Crippen LogP contribution in [0.4, 0.5) is 0 Å². The molecule has 0 aliphatic carbocycles. The van der Waals surface area contributed by atoms with Gasteiger partial charge in [-0.3, -0.25) is 0 Å². The second kappa shape index (κ2) is 14.7. The second-order valence-electron chi connectivity index (χ2n) is 17.3. The van der Waals surface area contributed by atoms with Crippen molar-refractivity contribution in [2.24, 2.45) is 0 Å². The molecule has 3 heterocycles. The van der Waals surface area contributed by atoms with E-state index >= 15 is 0 Å². The highest BCUT2D eigenvalue weighted by molar-refractivity contribution is 6.30. The molecule has 67 heavy (non-hydrogen) atoms. The quantitative estimate of drug-likeness (QED) is 0.161. The molecule has 0 saturated carbocycles.